The van der Waals surface area contributed by atoms with Crippen LogP contribution in [-0.4, -0.2) is 18.2 Å². The molecule has 0 amide bonds. The molecule has 0 aliphatic carbocycles. The normalized spacial score (nSPS) is 14.1. The fourth-order valence-electron chi connectivity index (χ4n) is 1.33. The molecule has 0 unspecified atom stereocenters. The van der Waals surface area contributed by atoms with Crippen LogP contribution in [0.2, 0.25) is 0 Å². The molecule has 0 saturated carbocycles. The highest BCUT2D eigenvalue weighted by atomic mass is 32.1. The van der Waals surface area contributed by atoms with Crippen molar-refractivity contribution in [1.82, 2.24) is 0 Å². The molecule has 13 heavy (non-hydrogen) atoms. The SMILES string of the molecule is COc1ccc2c(c1)CC(=S)C=N2. The predicted molar refractivity (Wildman–Crippen MR) is 57.4 cm³/mol. The van der Waals surface area contributed by atoms with Crippen LogP contribution in [0.4, 0.5) is 5.69 Å². The lowest BCUT2D eigenvalue weighted by molar-refractivity contribution is 0.414. The number of benzene rings is 1. The number of rotatable bonds is 1. The van der Waals surface area contributed by atoms with Gasteiger partial charge in [0.05, 0.1) is 12.8 Å². The van der Waals surface area contributed by atoms with E-state index in [9.17, 15) is 0 Å². The average Bonchev–Trinajstić information content (AvgIpc) is 2.16. The Morgan fingerprint density at radius 2 is 2.31 bits per heavy atom. The van der Waals surface area contributed by atoms with E-state index >= 15 is 0 Å². The molecule has 0 fully saturated rings. The van der Waals surface area contributed by atoms with Gasteiger partial charge in [-0.2, -0.15) is 0 Å². The number of thiocarbonyl (C=S) groups is 1. The largest absolute Gasteiger partial charge is 0.497 e. The molecule has 3 heteroatoms. The Balaban J connectivity index is 2.46. The van der Waals surface area contributed by atoms with E-state index in [-0.39, 0.29) is 0 Å². The van der Waals surface area contributed by atoms with Crippen LogP contribution in [0.3, 0.4) is 0 Å². The van der Waals surface area contributed by atoms with Gasteiger partial charge in [-0.25, -0.2) is 0 Å². The molecule has 0 bridgehead atoms. The molecule has 1 aliphatic heterocycles. The fraction of sp³-hybridized carbons (Fsp3) is 0.200. The number of nitrogens with zero attached hydrogens (tertiary/aromatic N) is 1. The number of methoxy groups -OCH3 is 1. The second-order valence-electron chi connectivity index (χ2n) is 2.90. The van der Waals surface area contributed by atoms with Gasteiger partial charge in [0.15, 0.2) is 0 Å². The molecule has 0 saturated heterocycles. The van der Waals surface area contributed by atoms with Crippen LogP contribution in [0.15, 0.2) is 23.2 Å². The zero-order valence-electron chi connectivity index (χ0n) is 7.28. The first kappa shape index (κ1) is 8.38. The quantitative estimate of drug-likeness (QED) is 0.635. The van der Waals surface area contributed by atoms with E-state index in [2.05, 4.69) is 4.99 Å². The van der Waals surface area contributed by atoms with Crippen LogP contribution < -0.4 is 4.74 Å². The molecule has 0 spiro atoms. The molecular weight excluding hydrogens is 182 g/mol. The third-order valence-corrected chi connectivity index (χ3v) is 2.25. The Morgan fingerprint density at radius 3 is 3.08 bits per heavy atom. The van der Waals surface area contributed by atoms with Crippen LogP contribution in [0.1, 0.15) is 5.56 Å². The number of aliphatic imine (C=N–C) groups is 1. The van der Waals surface area contributed by atoms with Crippen LogP contribution in [0, 0.1) is 0 Å². The molecular formula is C10H9NOS. The smallest absolute Gasteiger partial charge is 0.119 e. The van der Waals surface area contributed by atoms with Crippen molar-refractivity contribution >= 4 is 29.0 Å². The van der Waals surface area contributed by atoms with Gasteiger partial charge in [-0.05, 0) is 23.8 Å². The summed E-state index contributed by atoms with van der Waals surface area (Å²) in [6.45, 7) is 0. The maximum absolute atomic E-state index is 5.12. The third kappa shape index (κ3) is 1.60. The van der Waals surface area contributed by atoms with Gasteiger partial charge in [0.2, 0.25) is 0 Å². The predicted octanol–water partition coefficient (Wildman–Crippen LogP) is 2.32. The minimum Gasteiger partial charge on any atom is -0.497 e. The molecule has 2 rings (SSSR count). The van der Waals surface area contributed by atoms with Crippen molar-refractivity contribution in [3.8, 4) is 5.75 Å². The zero-order valence-corrected chi connectivity index (χ0v) is 8.10. The van der Waals surface area contributed by atoms with Crippen molar-refractivity contribution in [2.24, 2.45) is 4.99 Å². The lowest BCUT2D eigenvalue weighted by Crippen LogP contribution is -2.05. The summed E-state index contributed by atoms with van der Waals surface area (Å²) in [6, 6.07) is 5.84. The maximum atomic E-state index is 5.12. The summed E-state index contributed by atoms with van der Waals surface area (Å²) < 4.78 is 5.12. The lowest BCUT2D eigenvalue weighted by Gasteiger charge is -2.11. The number of fused-ring (bicyclic) bond motifs is 1. The van der Waals surface area contributed by atoms with Gasteiger partial charge in [-0.1, -0.05) is 12.2 Å². The van der Waals surface area contributed by atoms with Gasteiger partial charge in [-0.3, -0.25) is 4.99 Å². The van der Waals surface area contributed by atoms with Crippen molar-refractivity contribution in [2.75, 3.05) is 7.11 Å². The Kier molecular flexibility index (Phi) is 2.10. The zero-order chi connectivity index (χ0) is 9.26. The van der Waals surface area contributed by atoms with Crippen molar-refractivity contribution in [1.29, 1.82) is 0 Å². The average molecular weight is 191 g/mol. The first-order valence-corrected chi connectivity index (χ1v) is 4.44. The van der Waals surface area contributed by atoms with Crippen LogP contribution in [0.25, 0.3) is 0 Å². The van der Waals surface area contributed by atoms with Crippen molar-refractivity contribution in [3.05, 3.63) is 23.8 Å². The number of hydrogen-bond acceptors (Lipinski definition) is 3. The molecule has 0 radical (unpaired) electrons. The van der Waals surface area contributed by atoms with Gasteiger partial charge < -0.3 is 4.74 Å². The number of hydrogen-bond donors (Lipinski definition) is 0. The van der Waals surface area contributed by atoms with E-state index in [0.29, 0.717) is 0 Å². The van der Waals surface area contributed by atoms with E-state index < -0.39 is 0 Å². The summed E-state index contributed by atoms with van der Waals surface area (Å²) in [5.41, 5.74) is 2.14. The molecule has 1 aromatic carbocycles. The summed E-state index contributed by atoms with van der Waals surface area (Å²) in [5, 5.41) is 0. The topological polar surface area (TPSA) is 21.6 Å². The molecule has 0 atom stereocenters. The molecule has 1 heterocycles. The minimum absolute atomic E-state index is 0.797. The van der Waals surface area contributed by atoms with Crippen LogP contribution in [0.5, 0.6) is 5.75 Å². The van der Waals surface area contributed by atoms with Crippen molar-refractivity contribution < 1.29 is 4.74 Å². The number of ether oxygens (including phenoxy) is 1. The highest BCUT2D eigenvalue weighted by Gasteiger charge is 2.09. The Morgan fingerprint density at radius 1 is 1.46 bits per heavy atom. The highest BCUT2D eigenvalue weighted by molar-refractivity contribution is 7.81. The summed E-state index contributed by atoms with van der Waals surface area (Å²) in [4.78, 5) is 5.10. The summed E-state index contributed by atoms with van der Waals surface area (Å²) >= 11 is 5.07. The summed E-state index contributed by atoms with van der Waals surface area (Å²) in [7, 11) is 1.66. The molecule has 2 nitrogen and oxygen atoms in total. The first-order valence-electron chi connectivity index (χ1n) is 4.03. The summed E-state index contributed by atoms with van der Waals surface area (Å²) in [5.74, 6) is 0.860. The van der Waals surface area contributed by atoms with Crippen molar-refractivity contribution in [3.63, 3.8) is 0 Å². The molecule has 1 aromatic rings. The first-order chi connectivity index (χ1) is 6.29. The molecule has 66 valence electrons. The van der Waals surface area contributed by atoms with Crippen LogP contribution in [-0.2, 0) is 6.42 Å². The van der Waals surface area contributed by atoms with Gasteiger partial charge >= 0.3 is 0 Å². The third-order valence-electron chi connectivity index (χ3n) is 2.00. The van der Waals surface area contributed by atoms with E-state index in [4.69, 9.17) is 17.0 Å². The van der Waals surface area contributed by atoms with E-state index in [1.54, 1.807) is 13.3 Å². The van der Waals surface area contributed by atoms with Crippen LogP contribution >= 0.6 is 12.2 Å². The fourth-order valence-corrected chi connectivity index (χ4v) is 1.54. The maximum Gasteiger partial charge on any atom is 0.119 e. The second kappa shape index (κ2) is 3.26. The van der Waals surface area contributed by atoms with Gasteiger partial charge in [0.1, 0.15) is 5.75 Å². The Hall–Kier alpha value is -1.22. The Bertz CT molecular complexity index is 385. The lowest BCUT2D eigenvalue weighted by atomic mass is 10.1. The standard InChI is InChI=1S/C10H9NOS/c1-12-8-2-3-10-7(4-8)5-9(13)6-11-10/h2-4,6H,5H2,1H3. The van der Waals surface area contributed by atoms with Crippen molar-refractivity contribution in [2.45, 2.75) is 6.42 Å². The minimum atomic E-state index is 0.797. The molecule has 0 aromatic heterocycles. The van der Waals surface area contributed by atoms with E-state index in [1.165, 1.54) is 0 Å². The monoisotopic (exact) mass is 191 g/mol. The van der Waals surface area contributed by atoms with Gasteiger partial charge in [0, 0.05) is 17.5 Å². The summed E-state index contributed by atoms with van der Waals surface area (Å²) in [6.07, 6.45) is 2.54. The second-order valence-corrected chi connectivity index (χ2v) is 3.42. The van der Waals surface area contributed by atoms with Gasteiger partial charge in [0.25, 0.3) is 0 Å². The van der Waals surface area contributed by atoms with Gasteiger partial charge in [-0.15, -0.1) is 0 Å². The van der Waals surface area contributed by atoms with E-state index in [1.807, 2.05) is 18.2 Å². The highest BCUT2D eigenvalue weighted by Crippen LogP contribution is 2.27. The molecule has 0 N–H and O–H groups in total. The molecule has 1 aliphatic rings. The van der Waals surface area contributed by atoms with E-state index in [0.717, 1.165) is 28.3 Å². The Labute approximate surface area is 82.3 Å².